The average Bonchev–Trinajstić information content (AvgIpc) is 3.74. The van der Waals surface area contributed by atoms with E-state index in [1.54, 1.807) is 18.5 Å². The van der Waals surface area contributed by atoms with Crippen LogP contribution in [0.3, 0.4) is 0 Å². The highest BCUT2D eigenvalue weighted by Crippen LogP contribution is 2.25. The van der Waals surface area contributed by atoms with Gasteiger partial charge in [0.1, 0.15) is 18.5 Å². The number of hydrogen-bond acceptors (Lipinski definition) is 8. The number of hydrogen-bond donors (Lipinski definition) is 3. The molecule has 2 aliphatic rings. The van der Waals surface area contributed by atoms with E-state index in [2.05, 4.69) is 30.9 Å². The van der Waals surface area contributed by atoms with Crippen molar-refractivity contribution >= 4 is 40.6 Å². The molecule has 0 saturated carbocycles. The van der Waals surface area contributed by atoms with Crippen LogP contribution in [0.4, 0.5) is 16.6 Å². The zero-order valence-corrected chi connectivity index (χ0v) is 23.0. The number of rotatable bonds is 7. The molecule has 0 bridgehead atoms. The van der Waals surface area contributed by atoms with E-state index < -0.39 is 12.1 Å². The molecule has 4 aromatic rings. The Kier molecular flexibility index (Phi) is 8.00. The molecule has 2 aromatic carbocycles. The molecule has 0 unspecified atom stereocenters. The molecule has 0 spiro atoms. The molecular weight excluding hydrogens is 534 g/mol. The molecule has 2 saturated heterocycles. The minimum Gasteiger partial charge on any atom is -0.445 e. The molecule has 214 valence electrons. The fourth-order valence-electron chi connectivity index (χ4n) is 5.29. The van der Waals surface area contributed by atoms with Gasteiger partial charge in [-0.1, -0.05) is 36.4 Å². The quantitative estimate of drug-likeness (QED) is 0.304. The van der Waals surface area contributed by atoms with Crippen LogP contribution in [0, 0.1) is 0 Å². The van der Waals surface area contributed by atoms with Crippen LogP contribution < -0.4 is 16.0 Å². The molecule has 0 aliphatic carbocycles. The summed E-state index contributed by atoms with van der Waals surface area (Å²) in [4.78, 5) is 52.8. The van der Waals surface area contributed by atoms with Gasteiger partial charge < -0.3 is 15.4 Å². The van der Waals surface area contributed by atoms with Crippen molar-refractivity contribution in [3.05, 3.63) is 78.6 Å². The number of fused-ring (bicyclic) bond motifs is 1. The van der Waals surface area contributed by atoms with E-state index in [4.69, 9.17) is 4.74 Å². The number of likely N-dealkylation sites (tertiary alicyclic amines) is 1. The van der Waals surface area contributed by atoms with Crippen molar-refractivity contribution in [2.45, 2.75) is 44.4 Å². The molecule has 2 fully saturated rings. The van der Waals surface area contributed by atoms with Gasteiger partial charge in [0.2, 0.25) is 17.8 Å². The van der Waals surface area contributed by atoms with Crippen LogP contribution in [0.5, 0.6) is 0 Å². The lowest BCUT2D eigenvalue weighted by Crippen LogP contribution is -2.43. The van der Waals surface area contributed by atoms with E-state index >= 15 is 0 Å². The summed E-state index contributed by atoms with van der Waals surface area (Å²) in [5, 5.41) is 9.72. The monoisotopic (exact) mass is 565 g/mol. The Labute approximate surface area is 242 Å². The molecule has 2 atom stereocenters. The van der Waals surface area contributed by atoms with Gasteiger partial charge >= 0.3 is 6.09 Å². The second-order valence-electron chi connectivity index (χ2n) is 10.4. The number of anilines is 2. The Morgan fingerprint density at radius 2 is 1.74 bits per heavy atom. The fraction of sp³-hybridized carbons (Fsp3) is 0.290. The summed E-state index contributed by atoms with van der Waals surface area (Å²) in [5.74, 6) is 0.264. The van der Waals surface area contributed by atoms with E-state index in [0.29, 0.717) is 25.2 Å². The standard InChI is InChI=1S/C31H31N7O4/c39-28(25-8-4-14-32-25)36-27-13-11-22-16-21(10-12-24(22)35-27)23-17-33-30(34-18-23)37-29(40)26-9-5-15-38(26)31(41)42-19-20-6-2-1-3-7-20/h1-3,6-7,10-13,16-18,25-26,32H,4-5,8-9,14-15,19H2,(H,35,36,39)(H,33,34,37,40)/t25-,26-/m0/s1. The molecular formula is C31H31N7O4. The van der Waals surface area contributed by atoms with Crippen molar-refractivity contribution in [3.63, 3.8) is 0 Å². The van der Waals surface area contributed by atoms with Gasteiger partial charge in [-0.3, -0.25) is 19.8 Å². The zero-order valence-electron chi connectivity index (χ0n) is 23.0. The lowest BCUT2D eigenvalue weighted by atomic mass is 10.1. The number of nitrogens with zero attached hydrogens (tertiary/aromatic N) is 4. The van der Waals surface area contributed by atoms with Crippen LogP contribution in [0.1, 0.15) is 31.2 Å². The Bertz CT molecular complexity index is 1590. The summed E-state index contributed by atoms with van der Waals surface area (Å²) < 4.78 is 5.43. The predicted molar refractivity (Wildman–Crippen MR) is 157 cm³/mol. The number of ether oxygens (including phenoxy) is 1. The molecule has 2 aromatic heterocycles. The Hall–Kier alpha value is -4.90. The molecule has 11 heteroatoms. The van der Waals surface area contributed by atoms with Crippen molar-refractivity contribution in [2.24, 2.45) is 0 Å². The minimum absolute atomic E-state index is 0.0658. The second kappa shape index (κ2) is 12.3. The Morgan fingerprint density at radius 1 is 0.905 bits per heavy atom. The largest absolute Gasteiger partial charge is 0.445 e. The van der Waals surface area contributed by atoms with Crippen molar-refractivity contribution < 1.29 is 19.1 Å². The number of pyridine rings is 1. The van der Waals surface area contributed by atoms with Crippen molar-refractivity contribution in [3.8, 4) is 11.1 Å². The smallest absolute Gasteiger partial charge is 0.410 e. The van der Waals surface area contributed by atoms with Crippen molar-refractivity contribution in [1.29, 1.82) is 0 Å². The van der Waals surface area contributed by atoms with Crippen molar-refractivity contribution in [1.82, 2.24) is 25.2 Å². The third-order valence-corrected chi connectivity index (χ3v) is 7.53. The molecule has 0 radical (unpaired) electrons. The maximum absolute atomic E-state index is 13.0. The van der Waals surface area contributed by atoms with Gasteiger partial charge in [0.15, 0.2) is 0 Å². The molecule has 3 amide bonds. The van der Waals surface area contributed by atoms with Gasteiger partial charge in [-0.15, -0.1) is 0 Å². The topological polar surface area (TPSA) is 138 Å². The first kappa shape index (κ1) is 27.3. The first-order valence-corrected chi connectivity index (χ1v) is 14.1. The summed E-state index contributed by atoms with van der Waals surface area (Å²) in [6, 6.07) is 18.1. The summed E-state index contributed by atoms with van der Waals surface area (Å²) in [7, 11) is 0. The summed E-state index contributed by atoms with van der Waals surface area (Å²) >= 11 is 0. The van der Waals surface area contributed by atoms with Crippen LogP contribution >= 0.6 is 0 Å². The van der Waals surface area contributed by atoms with E-state index in [1.165, 1.54) is 4.90 Å². The summed E-state index contributed by atoms with van der Waals surface area (Å²) in [6.07, 6.45) is 5.84. The van der Waals surface area contributed by atoms with Gasteiger partial charge in [0.05, 0.1) is 11.6 Å². The van der Waals surface area contributed by atoms with Crippen LogP contribution in [0.15, 0.2) is 73.1 Å². The lowest BCUT2D eigenvalue weighted by Gasteiger charge is -2.23. The van der Waals surface area contributed by atoms with Crippen LogP contribution in [-0.4, -0.2) is 62.9 Å². The molecule has 42 heavy (non-hydrogen) atoms. The van der Waals surface area contributed by atoms with Gasteiger partial charge in [-0.2, -0.15) is 0 Å². The number of carbonyl (C=O) groups excluding carboxylic acids is 3. The van der Waals surface area contributed by atoms with E-state index in [9.17, 15) is 14.4 Å². The molecule has 2 aliphatic heterocycles. The maximum atomic E-state index is 13.0. The minimum atomic E-state index is -0.645. The Balaban J connectivity index is 1.06. The first-order valence-electron chi connectivity index (χ1n) is 14.1. The van der Waals surface area contributed by atoms with E-state index in [-0.39, 0.29) is 30.4 Å². The number of carbonyl (C=O) groups is 3. The van der Waals surface area contributed by atoms with Crippen LogP contribution in [0.2, 0.25) is 0 Å². The van der Waals surface area contributed by atoms with Crippen molar-refractivity contribution in [2.75, 3.05) is 23.7 Å². The lowest BCUT2D eigenvalue weighted by molar-refractivity contribution is -0.120. The Morgan fingerprint density at radius 3 is 2.52 bits per heavy atom. The maximum Gasteiger partial charge on any atom is 0.410 e. The molecule has 4 heterocycles. The second-order valence-corrected chi connectivity index (χ2v) is 10.4. The normalized spacial score (nSPS) is 18.1. The highest BCUT2D eigenvalue weighted by atomic mass is 16.6. The fourth-order valence-corrected chi connectivity index (χ4v) is 5.29. The summed E-state index contributed by atoms with van der Waals surface area (Å²) in [5.41, 5.74) is 3.29. The van der Waals surface area contributed by atoms with E-state index in [0.717, 1.165) is 47.0 Å². The number of nitrogens with one attached hydrogen (secondary N) is 3. The average molecular weight is 566 g/mol. The highest BCUT2D eigenvalue weighted by Gasteiger charge is 2.35. The predicted octanol–water partition coefficient (Wildman–Crippen LogP) is 4.12. The van der Waals surface area contributed by atoms with Gasteiger partial charge in [-0.05, 0) is 67.6 Å². The van der Waals surface area contributed by atoms with Crippen LogP contribution in [-0.2, 0) is 20.9 Å². The van der Waals surface area contributed by atoms with E-state index in [1.807, 2.05) is 54.6 Å². The molecule has 3 N–H and O–H groups in total. The van der Waals surface area contributed by atoms with Gasteiger partial charge in [-0.25, -0.2) is 19.7 Å². The molecule has 11 nitrogen and oxygen atoms in total. The number of benzene rings is 2. The third-order valence-electron chi connectivity index (χ3n) is 7.53. The van der Waals surface area contributed by atoms with Gasteiger partial charge in [0, 0.05) is 29.9 Å². The first-order chi connectivity index (χ1) is 20.5. The SMILES string of the molecule is O=C(Nc1ccc2cc(-c3cnc(NC(=O)[C@@H]4CCCN4C(=O)OCc4ccccc4)nc3)ccc2n1)[C@@H]1CCCN1. The molecule has 6 rings (SSSR count). The number of amides is 3. The highest BCUT2D eigenvalue weighted by molar-refractivity contribution is 5.96. The number of aromatic nitrogens is 3. The summed E-state index contributed by atoms with van der Waals surface area (Å²) in [6.45, 7) is 1.46. The third kappa shape index (κ3) is 6.21. The van der Waals surface area contributed by atoms with Crippen LogP contribution in [0.25, 0.3) is 22.0 Å². The zero-order chi connectivity index (χ0) is 28.9. The van der Waals surface area contributed by atoms with Gasteiger partial charge in [0.25, 0.3) is 0 Å².